The average molecular weight is 468 g/mol. The Bertz CT molecular complexity index is 998. The summed E-state index contributed by atoms with van der Waals surface area (Å²) in [6.45, 7) is 3.47. The molecule has 0 spiro atoms. The highest BCUT2D eigenvalue weighted by Gasteiger charge is 2.68. The van der Waals surface area contributed by atoms with Crippen LogP contribution in [-0.4, -0.2) is 52.6 Å². The predicted octanol–water partition coefficient (Wildman–Crippen LogP) is 3.28. The number of Topliss-reactive ketones (excluding diaryl/α,β-unsaturated/α-hetero) is 1. The molecule has 6 nitrogen and oxygen atoms in total. The summed E-state index contributed by atoms with van der Waals surface area (Å²) in [6.07, 6.45) is 6.55. The first-order chi connectivity index (χ1) is 15.8. The van der Waals surface area contributed by atoms with Gasteiger partial charge in [0.2, 0.25) is 17.6 Å². The van der Waals surface area contributed by atoms with Crippen LogP contribution in [0.2, 0.25) is 0 Å². The summed E-state index contributed by atoms with van der Waals surface area (Å²) in [7, 11) is 0. The Morgan fingerprint density at radius 2 is 1.64 bits per heavy atom. The van der Waals surface area contributed by atoms with E-state index in [1.807, 2.05) is 25.3 Å². The Morgan fingerprint density at radius 1 is 1.06 bits per heavy atom. The highest BCUT2D eigenvalue weighted by Crippen LogP contribution is 2.65. The smallest absolute Gasteiger partial charge is 0.330 e. The third kappa shape index (κ3) is 3.65. The van der Waals surface area contributed by atoms with E-state index in [2.05, 4.69) is 12.2 Å². The highest BCUT2D eigenvalue weighted by molar-refractivity contribution is 7.98. The zero-order chi connectivity index (χ0) is 23.4. The van der Waals surface area contributed by atoms with Gasteiger partial charge in [-0.15, -0.1) is 0 Å². The quantitative estimate of drug-likeness (QED) is 0.253. The van der Waals surface area contributed by atoms with E-state index in [-0.39, 0.29) is 41.3 Å². The molecule has 1 aromatic rings. The molecule has 0 aromatic heterocycles. The van der Waals surface area contributed by atoms with E-state index in [4.69, 9.17) is 4.74 Å². The third-order valence-corrected chi connectivity index (χ3v) is 8.52. The molecular formula is C26H29NO5S. The summed E-state index contributed by atoms with van der Waals surface area (Å²) in [6, 6.07) is 6.09. The predicted molar refractivity (Wildman–Crippen MR) is 124 cm³/mol. The van der Waals surface area contributed by atoms with E-state index in [1.165, 1.54) is 11.8 Å². The standard InChI is InChI=1S/C26H29NO5S/c1-13-4-6-15(7-5-13)23(28)14(2)32-26(31)20(10-11-33-3)27-24(29)21-16-8-9-17(19-12-18(16)19)22(21)25(27)30/h4-9,14,16-22H,10-12H2,1-3H3/t14-,16-,17-,18-,19-,20+,21-,22+/m1/s1. The van der Waals surface area contributed by atoms with Crippen LogP contribution >= 0.6 is 11.8 Å². The molecule has 0 unspecified atom stereocenters. The molecule has 8 atom stereocenters. The fourth-order valence-corrected chi connectivity index (χ4v) is 6.59. The third-order valence-electron chi connectivity index (χ3n) is 7.87. The van der Waals surface area contributed by atoms with Crippen LogP contribution in [0, 0.1) is 42.4 Å². The van der Waals surface area contributed by atoms with Crippen molar-refractivity contribution in [1.29, 1.82) is 0 Å². The number of allylic oxidation sites excluding steroid dienone is 2. The number of imide groups is 1. The molecule has 2 saturated carbocycles. The Kier molecular flexibility index (Phi) is 5.71. The van der Waals surface area contributed by atoms with Crippen LogP contribution in [0.1, 0.15) is 35.7 Å². The second-order valence-corrected chi connectivity index (χ2v) is 10.8. The van der Waals surface area contributed by atoms with E-state index in [1.54, 1.807) is 23.9 Å². The van der Waals surface area contributed by atoms with E-state index in [0.717, 1.165) is 12.0 Å². The number of amides is 2. The van der Waals surface area contributed by atoms with Gasteiger partial charge in [-0.1, -0.05) is 42.0 Å². The molecule has 174 valence electrons. The number of hydrogen-bond acceptors (Lipinski definition) is 6. The Hall–Kier alpha value is -2.41. The van der Waals surface area contributed by atoms with Gasteiger partial charge in [0.15, 0.2) is 6.10 Å². The van der Waals surface area contributed by atoms with Crippen LogP contribution < -0.4 is 0 Å². The molecule has 0 radical (unpaired) electrons. The molecule has 7 heteroatoms. The van der Waals surface area contributed by atoms with Gasteiger partial charge in [-0.3, -0.25) is 19.3 Å². The van der Waals surface area contributed by atoms with Gasteiger partial charge in [0.1, 0.15) is 6.04 Å². The monoisotopic (exact) mass is 467 g/mol. The lowest BCUT2D eigenvalue weighted by molar-refractivity contribution is -0.160. The molecule has 6 rings (SSSR count). The number of carbonyl (C=O) groups excluding carboxylic acids is 4. The second-order valence-electron chi connectivity index (χ2n) is 9.81. The normalized spacial score (nSPS) is 32.9. The number of aryl methyl sites for hydroxylation is 1. The number of thioether (sulfide) groups is 1. The molecule has 0 N–H and O–H groups in total. The fraction of sp³-hybridized carbons (Fsp3) is 0.538. The van der Waals surface area contributed by atoms with Crippen molar-refractivity contribution in [2.75, 3.05) is 12.0 Å². The molecule has 5 aliphatic rings. The minimum Gasteiger partial charge on any atom is -0.453 e. The topological polar surface area (TPSA) is 80.8 Å². The minimum atomic E-state index is -1.00. The number of carbonyl (C=O) groups is 4. The van der Waals surface area contributed by atoms with E-state index in [9.17, 15) is 19.2 Å². The molecule has 3 fully saturated rings. The lowest BCUT2D eigenvalue weighted by Crippen LogP contribution is -2.48. The van der Waals surface area contributed by atoms with Crippen LogP contribution in [0.25, 0.3) is 0 Å². The minimum absolute atomic E-state index is 0.103. The highest BCUT2D eigenvalue weighted by atomic mass is 32.2. The summed E-state index contributed by atoms with van der Waals surface area (Å²) in [5, 5.41) is 0. The second kappa shape index (κ2) is 8.42. The zero-order valence-corrected chi connectivity index (χ0v) is 19.9. The summed E-state index contributed by atoms with van der Waals surface area (Å²) < 4.78 is 5.56. The van der Waals surface area contributed by atoms with Gasteiger partial charge in [0.05, 0.1) is 11.8 Å². The van der Waals surface area contributed by atoms with Gasteiger partial charge in [-0.2, -0.15) is 11.8 Å². The number of hydrogen-bond donors (Lipinski definition) is 0. The number of ether oxygens (including phenoxy) is 1. The molecule has 4 aliphatic carbocycles. The molecule has 1 aliphatic heterocycles. The van der Waals surface area contributed by atoms with E-state index < -0.39 is 18.1 Å². The van der Waals surface area contributed by atoms with Crippen molar-refractivity contribution < 1.29 is 23.9 Å². The van der Waals surface area contributed by atoms with Gasteiger partial charge in [0.25, 0.3) is 0 Å². The van der Waals surface area contributed by atoms with Gasteiger partial charge >= 0.3 is 5.97 Å². The molecular weight excluding hydrogens is 438 g/mol. The van der Waals surface area contributed by atoms with Crippen LogP contribution in [-0.2, 0) is 19.1 Å². The molecule has 1 saturated heterocycles. The summed E-state index contributed by atoms with van der Waals surface area (Å²) >= 11 is 1.54. The molecule has 1 aromatic carbocycles. The molecule has 33 heavy (non-hydrogen) atoms. The summed E-state index contributed by atoms with van der Waals surface area (Å²) in [4.78, 5) is 54.2. The van der Waals surface area contributed by atoms with Gasteiger partial charge < -0.3 is 4.74 Å². The van der Waals surface area contributed by atoms with Crippen LogP contribution in [0.15, 0.2) is 36.4 Å². The number of benzene rings is 1. The Labute approximate surface area is 198 Å². The van der Waals surface area contributed by atoms with Crippen molar-refractivity contribution in [2.24, 2.45) is 35.5 Å². The number of esters is 1. The lowest BCUT2D eigenvalue weighted by atomic mass is 9.63. The maximum Gasteiger partial charge on any atom is 0.330 e. The summed E-state index contributed by atoms with van der Waals surface area (Å²) in [5.41, 5.74) is 1.49. The maximum absolute atomic E-state index is 13.5. The van der Waals surface area contributed by atoms with Crippen molar-refractivity contribution in [1.82, 2.24) is 4.90 Å². The van der Waals surface area contributed by atoms with Crippen molar-refractivity contribution in [3.8, 4) is 0 Å². The van der Waals surface area contributed by atoms with E-state index >= 15 is 0 Å². The first kappa shape index (κ1) is 22.4. The number of ketones is 1. The zero-order valence-electron chi connectivity index (χ0n) is 19.1. The van der Waals surface area contributed by atoms with Crippen molar-refractivity contribution in [3.05, 3.63) is 47.5 Å². The SMILES string of the molecule is CSCC[C@@H](C(=O)O[C@H](C)C(=O)c1ccc(C)cc1)N1C(=O)[C@@H]2[C@@H]3C=C[C@H]([C@H]4C[C@H]34)[C@@H]2C1=O. The van der Waals surface area contributed by atoms with Crippen LogP contribution in [0.3, 0.4) is 0 Å². The number of likely N-dealkylation sites (tertiary alicyclic amines) is 1. The van der Waals surface area contributed by atoms with E-state index in [0.29, 0.717) is 29.6 Å². The molecule has 2 bridgehead atoms. The molecule has 1 heterocycles. The van der Waals surface area contributed by atoms with Gasteiger partial charge in [-0.25, -0.2) is 4.79 Å². The maximum atomic E-state index is 13.5. The first-order valence-electron chi connectivity index (χ1n) is 11.7. The number of nitrogens with zero attached hydrogens (tertiary/aromatic N) is 1. The van der Waals surface area contributed by atoms with Gasteiger partial charge in [0, 0.05) is 5.56 Å². The average Bonchev–Trinajstić information content (AvgIpc) is 3.59. The Balaban J connectivity index is 1.35. The largest absolute Gasteiger partial charge is 0.453 e. The van der Waals surface area contributed by atoms with Crippen molar-refractivity contribution >= 4 is 35.3 Å². The van der Waals surface area contributed by atoms with Crippen molar-refractivity contribution in [3.63, 3.8) is 0 Å². The lowest BCUT2D eigenvalue weighted by Gasteiger charge is -2.37. The fourth-order valence-electron chi connectivity index (χ4n) is 6.13. The van der Waals surface area contributed by atoms with Crippen LogP contribution in [0.4, 0.5) is 0 Å². The van der Waals surface area contributed by atoms with Crippen molar-refractivity contribution in [2.45, 2.75) is 38.8 Å². The summed E-state index contributed by atoms with van der Waals surface area (Å²) in [5.74, 6) is -0.363. The van der Waals surface area contributed by atoms with Gasteiger partial charge in [-0.05, 0) is 62.4 Å². The number of rotatable bonds is 8. The Morgan fingerprint density at radius 3 is 2.18 bits per heavy atom. The molecule has 2 amide bonds. The van der Waals surface area contributed by atoms with Crippen LogP contribution in [0.5, 0.6) is 0 Å². The first-order valence-corrected chi connectivity index (χ1v) is 13.1.